The number of aromatic nitrogens is 2. The number of benzene rings is 1. The van der Waals surface area contributed by atoms with Crippen molar-refractivity contribution in [1.29, 1.82) is 0 Å². The van der Waals surface area contributed by atoms with Crippen LogP contribution in [0.4, 0.5) is 11.5 Å². The van der Waals surface area contributed by atoms with E-state index in [1.165, 1.54) is 6.33 Å². The standard InChI is InChI=1S/C18H19ClN4O2/c19-12-3-4-16-14(9-12)13(5-8-25-16)18(24)22-15-10-20-11-21-17(15)23-6-1-2-7-23/h3-4,9-11,13H,1-2,5-8H2,(H,22,24). The second-order valence-electron chi connectivity index (χ2n) is 6.32. The third kappa shape index (κ3) is 3.26. The van der Waals surface area contributed by atoms with Gasteiger partial charge in [-0.1, -0.05) is 11.6 Å². The van der Waals surface area contributed by atoms with E-state index in [1.54, 1.807) is 12.3 Å². The number of carbonyl (C=O) groups excluding carboxylic acids is 1. The van der Waals surface area contributed by atoms with Crippen LogP contribution in [-0.4, -0.2) is 35.6 Å². The Morgan fingerprint density at radius 2 is 2.16 bits per heavy atom. The molecule has 2 aromatic rings. The molecule has 1 unspecified atom stereocenters. The Labute approximate surface area is 151 Å². The molecule has 1 N–H and O–H groups in total. The SMILES string of the molecule is O=C(Nc1cncnc1N1CCCC1)C1CCOc2ccc(Cl)cc21. The first-order valence-electron chi connectivity index (χ1n) is 8.50. The van der Waals surface area contributed by atoms with Gasteiger partial charge in [-0.3, -0.25) is 4.79 Å². The largest absolute Gasteiger partial charge is 0.493 e. The second kappa shape index (κ2) is 6.88. The molecular weight excluding hydrogens is 340 g/mol. The lowest BCUT2D eigenvalue weighted by Crippen LogP contribution is -2.28. The smallest absolute Gasteiger partial charge is 0.232 e. The van der Waals surface area contributed by atoms with Gasteiger partial charge in [0, 0.05) is 23.7 Å². The van der Waals surface area contributed by atoms with Gasteiger partial charge >= 0.3 is 0 Å². The van der Waals surface area contributed by atoms with Crippen LogP contribution in [0.25, 0.3) is 0 Å². The van der Waals surface area contributed by atoms with Crippen LogP contribution in [0.5, 0.6) is 5.75 Å². The number of amides is 1. The zero-order chi connectivity index (χ0) is 17.2. The third-order valence-corrected chi connectivity index (χ3v) is 4.92. The molecule has 130 valence electrons. The number of rotatable bonds is 3. The third-order valence-electron chi connectivity index (χ3n) is 4.68. The summed E-state index contributed by atoms with van der Waals surface area (Å²) in [6, 6.07) is 5.40. The normalized spacial score (nSPS) is 19.2. The molecule has 1 aromatic carbocycles. The van der Waals surface area contributed by atoms with Gasteiger partial charge in [-0.2, -0.15) is 0 Å². The van der Waals surface area contributed by atoms with Crippen LogP contribution < -0.4 is 15.0 Å². The number of nitrogens with one attached hydrogen (secondary N) is 1. The lowest BCUT2D eigenvalue weighted by molar-refractivity contribution is -0.118. The zero-order valence-corrected chi connectivity index (χ0v) is 14.5. The molecule has 1 fully saturated rings. The van der Waals surface area contributed by atoms with Crippen molar-refractivity contribution in [2.24, 2.45) is 0 Å². The Hall–Kier alpha value is -2.34. The molecule has 2 aliphatic heterocycles. The summed E-state index contributed by atoms with van der Waals surface area (Å²) in [7, 11) is 0. The molecule has 0 bridgehead atoms. The lowest BCUT2D eigenvalue weighted by atomic mass is 9.92. The number of nitrogens with zero attached hydrogens (tertiary/aromatic N) is 3. The molecule has 4 rings (SSSR count). The van der Waals surface area contributed by atoms with Gasteiger partial charge in [0.2, 0.25) is 5.91 Å². The maximum absolute atomic E-state index is 12.9. The highest BCUT2D eigenvalue weighted by atomic mass is 35.5. The molecule has 1 amide bonds. The maximum Gasteiger partial charge on any atom is 0.232 e. The minimum Gasteiger partial charge on any atom is -0.493 e. The summed E-state index contributed by atoms with van der Waals surface area (Å²) in [5.74, 6) is 1.13. The molecule has 3 heterocycles. The van der Waals surface area contributed by atoms with E-state index in [4.69, 9.17) is 16.3 Å². The second-order valence-corrected chi connectivity index (χ2v) is 6.75. The van der Waals surface area contributed by atoms with Gasteiger partial charge in [0.05, 0.1) is 18.7 Å². The summed E-state index contributed by atoms with van der Waals surface area (Å²) < 4.78 is 5.64. The quantitative estimate of drug-likeness (QED) is 0.912. The number of anilines is 2. The fraction of sp³-hybridized carbons (Fsp3) is 0.389. The predicted molar refractivity (Wildman–Crippen MR) is 96.4 cm³/mol. The molecule has 1 atom stereocenters. The number of hydrogen-bond donors (Lipinski definition) is 1. The molecule has 6 nitrogen and oxygen atoms in total. The van der Waals surface area contributed by atoms with Crippen molar-refractivity contribution in [3.8, 4) is 5.75 Å². The highest BCUT2D eigenvalue weighted by Gasteiger charge is 2.29. The summed E-state index contributed by atoms with van der Waals surface area (Å²) in [5, 5.41) is 3.61. The summed E-state index contributed by atoms with van der Waals surface area (Å²) in [5.41, 5.74) is 1.49. The van der Waals surface area contributed by atoms with Crippen LogP contribution in [0.3, 0.4) is 0 Å². The molecule has 1 aromatic heterocycles. The van der Waals surface area contributed by atoms with E-state index in [0.717, 1.165) is 43.1 Å². The Bertz CT molecular complexity index is 792. The minimum atomic E-state index is -0.297. The van der Waals surface area contributed by atoms with Gasteiger partial charge in [-0.05, 0) is 37.5 Å². The molecule has 7 heteroatoms. The molecule has 1 saturated heterocycles. The fourth-order valence-electron chi connectivity index (χ4n) is 3.45. The monoisotopic (exact) mass is 358 g/mol. The number of carbonyl (C=O) groups is 1. The first-order valence-corrected chi connectivity index (χ1v) is 8.88. The molecule has 25 heavy (non-hydrogen) atoms. The van der Waals surface area contributed by atoms with Gasteiger partial charge in [-0.15, -0.1) is 0 Å². The van der Waals surface area contributed by atoms with Crippen molar-refractivity contribution >= 4 is 29.0 Å². The molecule has 0 spiro atoms. The van der Waals surface area contributed by atoms with Gasteiger partial charge in [0.1, 0.15) is 17.8 Å². The summed E-state index contributed by atoms with van der Waals surface area (Å²) in [6.07, 6.45) is 6.09. The highest BCUT2D eigenvalue weighted by Crippen LogP contribution is 2.36. The number of hydrogen-bond acceptors (Lipinski definition) is 5. The van der Waals surface area contributed by atoms with E-state index in [1.807, 2.05) is 12.1 Å². The number of fused-ring (bicyclic) bond motifs is 1. The number of halogens is 1. The topological polar surface area (TPSA) is 67.4 Å². The Morgan fingerprint density at radius 3 is 3.00 bits per heavy atom. The minimum absolute atomic E-state index is 0.0814. The van der Waals surface area contributed by atoms with Crippen molar-refractivity contribution in [3.05, 3.63) is 41.3 Å². The summed E-state index contributed by atoms with van der Waals surface area (Å²) in [6.45, 7) is 2.42. The van der Waals surface area contributed by atoms with E-state index in [0.29, 0.717) is 23.7 Å². The fourth-order valence-corrected chi connectivity index (χ4v) is 3.63. The lowest BCUT2D eigenvalue weighted by Gasteiger charge is -2.26. The van der Waals surface area contributed by atoms with Crippen LogP contribution in [0.2, 0.25) is 5.02 Å². The van der Waals surface area contributed by atoms with E-state index in [-0.39, 0.29) is 11.8 Å². The van der Waals surface area contributed by atoms with E-state index in [9.17, 15) is 4.79 Å². The van der Waals surface area contributed by atoms with Crippen molar-refractivity contribution < 1.29 is 9.53 Å². The van der Waals surface area contributed by atoms with Crippen molar-refractivity contribution in [2.45, 2.75) is 25.2 Å². The summed E-state index contributed by atoms with van der Waals surface area (Å²) >= 11 is 6.10. The van der Waals surface area contributed by atoms with Gasteiger partial charge in [0.25, 0.3) is 0 Å². The van der Waals surface area contributed by atoms with Gasteiger partial charge in [0.15, 0.2) is 5.82 Å². The Morgan fingerprint density at radius 1 is 1.32 bits per heavy atom. The average Bonchev–Trinajstić information content (AvgIpc) is 3.16. The van der Waals surface area contributed by atoms with Crippen LogP contribution in [-0.2, 0) is 4.79 Å². The van der Waals surface area contributed by atoms with Crippen LogP contribution in [0.1, 0.15) is 30.7 Å². The molecule has 0 saturated carbocycles. The molecule has 2 aliphatic rings. The van der Waals surface area contributed by atoms with E-state index >= 15 is 0 Å². The molecular formula is C18H19ClN4O2. The van der Waals surface area contributed by atoms with Crippen molar-refractivity contribution in [3.63, 3.8) is 0 Å². The molecule has 0 aliphatic carbocycles. The molecule has 0 radical (unpaired) electrons. The van der Waals surface area contributed by atoms with Gasteiger partial charge < -0.3 is 15.0 Å². The van der Waals surface area contributed by atoms with Gasteiger partial charge in [-0.25, -0.2) is 9.97 Å². The number of ether oxygens (including phenoxy) is 1. The highest BCUT2D eigenvalue weighted by molar-refractivity contribution is 6.30. The first-order chi connectivity index (χ1) is 12.2. The van der Waals surface area contributed by atoms with Crippen molar-refractivity contribution in [2.75, 3.05) is 29.9 Å². The van der Waals surface area contributed by atoms with Crippen molar-refractivity contribution in [1.82, 2.24) is 9.97 Å². The van der Waals surface area contributed by atoms with Crippen LogP contribution in [0, 0.1) is 0 Å². The predicted octanol–water partition coefficient (Wildman–Crippen LogP) is 3.24. The summed E-state index contributed by atoms with van der Waals surface area (Å²) in [4.78, 5) is 23.6. The zero-order valence-electron chi connectivity index (χ0n) is 13.7. The average molecular weight is 359 g/mol. The Kier molecular flexibility index (Phi) is 4.44. The van der Waals surface area contributed by atoms with E-state index < -0.39 is 0 Å². The first kappa shape index (κ1) is 16.1. The van der Waals surface area contributed by atoms with Crippen LogP contribution in [0.15, 0.2) is 30.7 Å². The maximum atomic E-state index is 12.9. The van der Waals surface area contributed by atoms with E-state index in [2.05, 4.69) is 20.2 Å². The Balaban J connectivity index is 1.59. The van der Waals surface area contributed by atoms with Crippen LogP contribution >= 0.6 is 11.6 Å².